The standard InChI is InChI=1S/C24H22F2N2O2/c1-2-15-5-3-7-19-21(14-28-24(15)19)20(18-9-8-16(25)11-22(18)26)12-23(29)27-13-17-6-4-10-30-17/h3-11,14,20,28H,2,12-13H2,1H3,(H,27,29). The minimum atomic E-state index is -0.667. The number of hydrogen-bond donors (Lipinski definition) is 2. The number of nitrogens with one attached hydrogen (secondary N) is 2. The van der Waals surface area contributed by atoms with Crippen LogP contribution in [0.2, 0.25) is 0 Å². The summed E-state index contributed by atoms with van der Waals surface area (Å²) in [5, 5.41) is 3.74. The van der Waals surface area contributed by atoms with Gasteiger partial charge in [0, 0.05) is 35.5 Å². The quantitative estimate of drug-likeness (QED) is 0.428. The maximum absolute atomic E-state index is 14.7. The summed E-state index contributed by atoms with van der Waals surface area (Å²) < 4.78 is 33.5. The highest BCUT2D eigenvalue weighted by atomic mass is 19.1. The zero-order chi connectivity index (χ0) is 21.1. The third kappa shape index (κ3) is 3.99. The van der Waals surface area contributed by atoms with Crippen molar-refractivity contribution >= 4 is 16.8 Å². The van der Waals surface area contributed by atoms with E-state index >= 15 is 0 Å². The molecule has 0 spiro atoms. The molecule has 6 heteroatoms. The van der Waals surface area contributed by atoms with Crippen LogP contribution in [-0.2, 0) is 17.8 Å². The lowest BCUT2D eigenvalue weighted by Crippen LogP contribution is -2.25. The fraction of sp³-hybridized carbons (Fsp3) is 0.208. The molecular weight excluding hydrogens is 386 g/mol. The molecule has 0 saturated heterocycles. The largest absolute Gasteiger partial charge is 0.467 e. The van der Waals surface area contributed by atoms with E-state index in [9.17, 15) is 13.6 Å². The maximum atomic E-state index is 14.7. The molecule has 0 aliphatic heterocycles. The van der Waals surface area contributed by atoms with Crippen LogP contribution in [0.5, 0.6) is 0 Å². The molecule has 1 amide bonds. The number of H-pyrrole nitrogens is 1. The number of carbonyl (C=O) groups excluding carboxylic acids is 1. The Morgan fingerprint density at radius 3 is 2.73 bits per heavy atom. The van der Waals surface area contributed by atoms with Gasteiger partial charge in [0.15, 0.2) is 0 Å². The Hall–Kier alpha value is -3.41. The van der Waals surface area contributed by atoms with E-state index < -0.39 is 17.6 Å². The minimum Gasteiger partial charge on any atom is -0.467 e. The average Bonchev–Trinajstić information content (AvgIpc) is 3.40. The Morgan fingerprint density at radius 1 is 1.13 bits per heavy atom. The van der Waals surface area contributed by atoms with Gasteiger partial charge in [-0.2, -0.15) is 0 Å². The first-order chi connectivity index (χ1) is 14.6. The minimum absolute atomic E-state index is 0.0204. The molecule has 0 radical (unpaired) electrons. The number of carbonyl (C=O) groups is 1. The third-order valence-corrected chi connectivity index (χ3v) is 5.36. The van der Waals surface area contributed by atoms with Crippen LogP contribution in [0, 0.1) is 11.6 Å². The predicted octanol–water partition coefficient (Wildman–Crippen LogP) is 5.44. The van der Waals surface area contributed by atoms with Crippen molar-refractivity contribution in [3.05, 3.63) is 95.1 Å². The van der Waals surface area contributed by atoms with Crippen LogP contribution in [0.4, 0.5) is 8.78 Å². The third-order valence-electron chi connectivity index (χ3n) is 5.36. The average molecular weight is 408 g/mol. The molecule has 0 aliphatic rings. The molecule has 30 heavy (non-hydrogen) atoms. The Bertz CT molecular complexity index is 1170. The highest BCUT2D eigenvalue weighted by Gasteiger charge is 2.25. The van der Waals surface area contributed by atoms with Gasteiger partial charge in [-0.15, -0.1) is 0 Å². The van der Waals surface area contributed by atoms with Crippen LogP contribution >= 0.6 is 0 Å². The van der Waals surface area contributed by atoms with E-state index in [-0.39, 0.29) is 24.4 Å². The van der Waals surface area contributed by atoms with Crippen molar-refractivity contribution in [3.63, 3.8) is 0 Å². The van der Waals surface area contributed by atoms with Crippen LogP contribution in [0.3, 0.4) is 0 Å². The molecule has 1 unspecified atom stereocenters. The normalized spacial score (nSPS) is 12.2. The first-order valence-electron chi connectivity index (χ1n) is 9.89. The first kappa shape index (κ1) is 19.9. The number of rotatable bonds is 7. The number of furan rings is 1. The Labute approximate surface area is 172 Å². The van der Waals surface area contributed by atoms with Gasteiger partial charge in [0.25, 0.3) is 0 Å². The van der Waals surface area contributed by atoms with E-state index in [2.05, 4.69) is 17.2 Å². The van der Waals surface area contributed by atoms with Crippen molar-refractivity contribution in [1.82, 2.24) is 10.3 Å². The molecule has 0 fully saturated rings. The lowest BCUT2D eigenvalue weighted by molar-refractivity contribution is -0.121. The second-order valence-electron chi connectivity index (χ2n) is 7.22. The van der Waals surface area contributed by atoms with E-state index in [1.807, 2.05) is 24.4 Å². The van der Waals surface area contributed by atoms with E-state index in [0.29, 0.717) is 5.76 Å². The second-order valence-corrected chi connectivity index (χ2v) is 7.22. The number of aryl methyl sites for hydroxylation is 1. The van der Waals surface area contributed by atoms with Gasteiger partial charge >= 0.3 is 0 Å². The monoisotopic (exact) mass is 408 g/mol. The lowest BCUT2D eigenvalue weighted by atomic mass is 9.87. The smallest absolute Gasteiger partial charge is 0.221 e. The van der Waals surface area contributed by atoms with Crippen molar-refractivity contribution in [2.24, 2.45) is 0 Å². The van der Waals surface area contributed by atoms with Crippen LogP contribution in [-0.4, -0.2) is 10.9 Å². The lowest BCUT2D eigenvalue weighted by Gasteiger charge is -2.18. The summed E-state index contributed by atoms with van der Waals surface area (Å²) >= 11 is 0. The predicted molar refractivity (Wildman–Crippen MR) is 111 cm³/mol. The van der Waals surface area contributed by atoms with Gasteiger partial charge in [-0.05, 0) is 41.3 Å². The molecule has 2 aromatic carbocycles. The fourth-order valence-corrected chi connectivity index (χ4v) is 3.85. The summed E-state index contributed by atoms with van der Waals surface area (Å²) in [6, 6.07) is 12.9. The molecule has 2 N–H and O–H groups in total. The maximum Gasteiger partial charge on any atom is 0.221 e. The van der Waals surface area contributed by atoms with E-state index in [1.54, 1.807) is 12.1 Å². The van der Waals surface area contributed by atoms with Crippen molar-refractivity contribution in [3.8, 4) is 0 Å². The van der Waals surface area contributed by atoms with Crippen LogP contribution in [0.15, 0.2) is 65.4 Å². The highest BCUT2D eigenvalue weighted by molar-refractivity contribution is 5.88. The summed E-state index contributed by atoms with van der Waals surface area (Å²) in [7, 11) is 0. The van der Waals surface area contributed by atoms with Gasteiger partial charge in [-0.3, -0.25) is 4.79 Å². The molecule has 2 aromatic heterocycles. The van der Waals surface area contributed by atoms with Gasteiger partial charge in [-0.25, -0.2) is 8.78 Å². The van der Waals surface area contributed by atoms with Crippen molar-refractivity contribution in [2.75, 3.05) is 0 Å². The molecule has 0 saturated carbocycles. The molecule has 0 aliphatic carbocycles. The van der Waals surface area contributed by atoms with Gasteiger partial charge in [0.2, 0.25) is 5.91 Å². The molecule has 0 bridgehead atoms. The molecule has 154 valence electrons. The van der Waals surface area contributed by atoms with Crippen LogP contribution in [0.25, 0.3) is 10.9 Å². The number of hydrogen-bond acceptors (Lipinski definition) is 2. The van der Waals surface area contributed by atoms with E-state index in [4.69, 9.17) is 4.42 Å². The zero-order valence-electron chi connectivity index (χ0n) is 16.5. The number of benzene rings is 2. The zero-order valence-corrected chi connectivity index (χ0v) is 16.5. The number of para-hydroxylation sites is 1. The number of aromatic amines is 1. The highest BCUT2D eigenvalue weighted by Crippen LogP contribution is 2.36. The van der Waals surface area contributed by atoms with Crippen molar-refractivity contribution in [2.45, 2.75) is 32.2 Å². The molecule has 4 nitrogen and oxygen atoms in total. The van der Waals surface area contributed by atoms with Gasteiger partial charge in [-0.1, -0.05) is 31.2 Å². The molecule has 4 aromatic rings. The van der Waals surface area contributed by atoms with Gasteiger partial charge in [0.1, 0.15) is 17.4 Å². The number of fused-ring (bicyclic) bond motifs is 1. The van der Waals surface area contributed by atoms with Crippen molar-refractivity contribution < 1.29 is 18.0 Å². The summed E-state index contributed by atoms with van der Waals surface area (Å²) in [5.74, 6) is -1.50. The van der Waals surface area contributed by atoms with Crippen LogP contribution < -0.4 is 5.32 Å². The Balaban J connectivity index is 1.70. The number of halogens is 2. The van der Waals surface area contributed by atoms with Gasteiger partial charge in [0.05, 0.1) is 12.8 Å². The molecule has 1 atom stereocenters. The van der Waals surface area contributed by atoms with E-state index in [1.165, 1.54) is 18.4 Å². The summed E-state index contributed by atoms with van der Waals surface area (Å²) in [5.41, 5.74) is 3.20. The number of aromatic nitrogens is 1. The number of amides is 1. The molecular formula is C24H22F2N2O2. The Morgan fingerprint density at radius 2 is 2.00 bits per heavy atom. The fourth-order valence-electron chi connectivity index (χ4n) is 3.85. The van der Waals surface area contributed by atoms with E-state index in [0.717, 1.165) is 34.5 Å². The van der Waals surface area contributed by atoms with Crippen LogP contribution in [0.1, 0.15) is 41.7 Å². The summed E-state index contributed by atoms with van der Waals surface area (Å²) in [6.45, 7) is 2.31. The SMILES string of the molecule is CCc1cccc2c(C(CC(=O)NCc3ccco3)c3ccc(F)cc3F)c[nH]c12. The topological polar surface area (TPSA) is 58.0 Å². The first-order valence-corrected chi connectivity index (χ1v) is 9.89. The second kappa shape index (κ2) is 8.53. The summed E-state index contributed by atoms with van der Waals surface area (Å²) in [6.07, 6.45) is 4.22. The van der Waals surface area contributed by atoms with Crippen molar-refractivity contribution in [1.29, 1.82) is 0 Å². The molecule has 4 rings (SSSR count). The summed E-state index contributed by atoms with van der Waals surface area (Å²) in [4.78, 5) is 16.0. The Kier molecular flexibility index (Phi) is 5.65. The molecule has 2 heterocycles. The van der Waals surface area contributed by atoms with Gasteiger partial charge < -0.3 is 14.7 Å².